The molecule has 0 aliphatic carbocycles. The average molecular weight is 335 g/mol. The van der Waals surface area contributed by atoms with Crippen molar-refractivity contribution in [2.75, 3.05) is 11.4 Å². The van der Waals surface area contributed by atoms with Crippen LogP contribution in [0.25, 0.3) is 10.9 Å². The molecule has 1 aliphatic heterocycles. The van der Waals surface area contributed by atoms with E-state index in [2.05, 4.69) is 4.98 Å². The number of aromatic nitrogens is 1. The number of carbonyl (C=O) groups excluding carboxylic acids is 1. The van der Waals surface area contributed by atoms with Gasteiger partial charge in [-0.05, 0) is 24.1 Å². The first-order chi connectivity index (χ1) is 12.1. The van der Waals surface area contributed by atoms with Gasteiger partial charge in [0.15, 0.2) is 5.75 Å². The molecule has 1 aliphatic rings. The Morgan fingerprint density at radius 2 is 2.08 bits per heavy atom. The first-order valence-electron chi connectivity index (χ1n) is 7.72. The molecule has 2 heterocycles. The predicted octanol–water partition coefficient (Wildman–Crippen LogP) is 3.05. The van der Waals surface area contributed by atoms with E-state index in [1.165, 1.54) is 17.0 Å². The molecule has 0 spiro atoms. The smallest absolute Gasteiger partial charge is 0.271 e. The van der Waals surface area contributed by atoms with Gasteiger partial charge < -0.3 is 10.0 Å². The predicted molar refractivity (Wildman–Crippen MR) is 91.9 cm³/mol. The van der Waals surface area contributed by atoms with E-state index in [4.69, 9.17) is 0 Å². The summed E-state index contributed by atoms with van der Waals surface area (Å²) >= 11 is 0. The molecule has 1 amide bonds. The molecule has 7 nitrogen and oxygen atoms in total. The summed E-state index contributed by atoms with van der Waals surface area (Å²) in [6, 6.07) is 11.3. The lowest BCUT2D eigenvalue weighted by molar-refractivity contribution is -0.384. The number of phenols is 1. The van der Waals surface area contributed by atoms with Gasteiger partial charge in [-0.15, -0.1) is 0 Å². The Kier molecular flexibility index (Phi) is 3.35. The second kappa shape index (κ2) is 5.55. The molecular formula is C18H13N3O4. The molecule has 0 bridgehead atoms. The van der Waals surface area contributed by atoms with Crippen LogP contribution in [0.3, 0.4) is 0 Å². The number of hydrogen-bond donors (Lipinski definition) is 1. The second-order valence-electron chi connectivity index (χ2n) is 5.81. The molecule has 0 saturated carbocycles. The van der Waals surface area contributed by atoms with Crippen LogP contribution < -0.4 is 4.90 Å². The summed E-state index contributed by atoms with van der Waals surface area (Å²) in [5.74, 6) is -0.578. The number of anilines is 1. The lowest BCUT2D eigenvalue weighted by Crippen LogP contribution is -2.29. The maximum atomic E-state index is 12.9. The Bertz CT molecular complexity index is 1030. The number of nitro benzene ring substituents is 1. The molecule has 3 aromatic rings. The summed E-state index contributed by atoms with van der Waals surface area (Å²) in [7, 11) is 0. The highest BCUT2D eigenvalue weighted by molar-refractivity contribution is 6.11. The van der Waals surface area contributed by atoms with Gasteiger partial charge in [0.05, 0.1) is 16.2 Å². The highest BCUT2D eigenvalue weighted by Crippen LogP contribution is 2.35. The van der Waals surface area contributed by atoms with Gasteiger partial charge in [0.25, 0.3) is 11.6 Å². The van der Waals surface area contributed by atoms with Gasteiger partial charge in [-0.25, -0.2) is 0 Å². The zero-order valence-corrected chi connectivity index (χ0v) is 13.0. The minimum atomic E-state index is -0.487. The molecule has 25 heavy (non-hydrogen) atoms. The van der Waals surface area contributed by atoms with Crippen LogP contribution >= 0.6 is 0 Å². The van der Waals surface area contributed by atoms with E-state index in [9.17, 15) is 20.0 Å². The van der Waals surface area contributed by atoms with E-state index in [1.54, 1.807) is 36.5 Å². The quantitative estimate of drug-likeness (QED) is 0.573. The number of non-ortho nitro benzene ring substituents is 1. The third-order valence-corrected chi connectivity index (χ3v) is 4.40. The van der Waals surface area contributed by atoms with Gasteiger partial charge in [-0.2, -0.15) is 0 Å². The average Bonchev–Trinajstić information content (AvgIpc) is 3.05. The molecule has 0 radical (unpaired) electrons. The van der Waals surface area contributed by atoms with E-state index >= 15 is 0 Å². The van der Waals surface area contributed by atoms with Crippen LogP contribution in [-0.4, -0.2) is 27.5 Å². The Morgan fingerprint density at radius 3 is 2.88 bits per heavy atom. The van der Waals surface area contributed by atoms with E-state index in [1.807, 2.05) is 0 Å². The fraction of sp³-hybridized carbons (Fsp3) is 0.111. The van der Waals surface area contributed by atoms with Crippen molar-refractivity contribution in [2.45, 2.75) is 6.42 Å². The Labute approximate surface area is 142 Å². The summed E-state index contributed by atoms with van der Waals surface area (Å²) in [4.78, 5) is 29.0. The molecule has 0 atom stereocenters. The minimum absolute atomic E-state index is 0.0668. The van der Waals surface area contributed by atoms with Crippen molar-refractivity contribution in [3.63, 3.8) is 0 Å². The number of nitro groups is 1. The van der Waals surface area contributed by atoms with Gasteiger partial charge in [0.1, 0.15) is 5.52 Å². The van der Waals surface area contributed by atoms with Crippen LogP contribution in [0.15, 0.2) is 48.7 Å². The van der Waals surface area contributed by atoms with Crippen molar-refractivity contribution < 1.29 is 14.8 Å². The fourth-order valence-electron chi connectivity index (χ4n) is 3.14. The number of nitrogens with zero attached hydrogens (tertiary/aromatic N) is 3. The largest absolute Gasteiger partial charge is 0.505 e. The van der Waals surface area contributed by atoms with Crippen LogP contribution in [0.1, 0.15) is 15.9 Å². The zero-order chi connectivity index (χ0) is 17.6. The zero-order valence-electron chi connectivity index (χ0n) is 13.0. The van der Waals surface area contributed by atoms with E-state index in [0.717, 1.165) is 10.9 Å². The molecule has 2 aromatic carbocycles. The first kappa shape index (κ1) is 15.1. The van der Waals surface area contributed by atoms with Crippen LogP contribution in [-0.2, 0) is 6.42 Å². The number of pyridine rings is 1. The summed E-state index contributed by atoms with van der Waals surface area (Å²) in [6.45, 7) is 0.412. The molecule has 0 unspecified atom stereocenters. The molecule has 0 fully saturated rings. The standard InChI is InChI=1S/C18H13N3O4/c22-17-14(6-4-12-2-1-8-19-16(12)17)18(23)20-9-7-11-3-5-13(21(24)25)10-15(11)20/h1-6,8,10,22H,7,9H2. The summed E-state index contributed by atoms with van der Waals surface area (Å²) < 4.78 is 0. The third kappa shape index (κ3) is 2.37. The van der Waals surface area contributed by atoms with Crippen molar-refractivity contribution in [2.24, 2.45) is 0 Å². The first-order valence-corrected chi connectivity index (χ1v) is 7.72. The van der Waals surface area contributed by atoms with Gasteiger partial charge >= 0.3 is 0 Å². The molecule has 0 saturated heterocycles. The van der Waals surface area contributed by atoms with Crippen LogP contribution in [0.2, 0.25) is 0 Å². The molecular weight excluding hydrogens is 322 g/mol. The topological polar surface area (TPSA) is 96.6 Å². The monoisotopic (exact) mass is 335 g/mol. The highest BCUT2D eigenvalue weighted by atomic mass is 16.6. The lowest BCUT2D eigenvalue weighted by Gasteiger charge is -2.18. The molecule has 124 valence electrons. The van der Waals surface area contributed by atoms with Gasteiger partial charge in [0.2, 0.25) is 0 Å². The number of amides is 1. The van der Waals surface area contributed by atoms with Crippen molar-refractivity contribution in [3.8, 4) is 5.75 Å². The minimum Gasteiger partial charge on any atom is -0.505 e. The van der Waals surface area contributed by atoms with Crippen LogP contribution in [0, 0.1) is 10.1 Å². The number of rotatable bonds is 2. The van der Waals surface area contributed by atoms with Crippen LogP contribution in [0.5, 0.6) is 5.75 Å². The molecule has 4 rings (SSSR count). The number of benzene rings is 2. The Morgan fingerprint density at radius 1 is 1.24 bits per heavy atom. The summed E-state index contributed by atoms with van der Waals surface area (Å²) in [6.07, 6.45) is 2.16. The second-order valence-corrected chi connectivity index (χ2v) is 5.81. The molecule has 1 N–H and O–H groups in total. The van der Waals surface area contributed by atoms with Crippen molar-refractivity contribution in [1.29, 1.82) is 0 Å². The van der Waals surface area contributed by atoms with E-state index < -0.39 is 10.8 Å². The Balaban J connectivity index is 1.78. The van der Waals surface area contributed by atoms with Crippen molar-refractivity contribution in [1.82, 2.24) is 4.98 Å². The van der Waals surface area contributed by atoms with Gasteiger partial charge in [-0.1, -0.05) is 18.2 Å². The lowest BCUT2D eigenvalue weighted by atomic mass is 10.1. The summed E-state index contributed by atoms with van der Waals surface area (Å²) in [5, 5.41) is 22.2. The third-order valence-electron chi connectivity index (χ3n) is 4.40. The number of carbonyl (C=O) groups is 1. The van der Waals surface area contributed by atoms with Crippen molar-refractivity contribution >= 4 is 28.2 Å². The summed E-state index contributed by atoms with van der Waals surface area (Å²) in [5.41, 5.74) is 1.80. The van der Waals surface area contributed by atoms with Gasteiger partial charge in [0, 0.05) is 30.3 Å². The number of hydrogen-bond acceptors (Lipinski definition) is 5. The van der Waals surface area contributed by atoms with Crippen molar-refractivity contribution in [3.05, 3.63) is 69.9 Å². The number of phenolic OH excluding ortho intramolecular Hbond substituents is 1. The normalized spacial score (nSPS) is 13.0. The van der Waals surface area contributed by atoms with Crippen LogP contribution in [0.4, 0.5) is 11.4 Å². The SMILES string of the molecule is O=C(c1ccc2cccnc2c1O)N1CCc2ccc([N+](=O)[O-])cc21. The Hall–Kier alpha value is -3.48. The fourth-order valence-corrected chi connectivity index (χ4v) is 3.14. The van der Waals surface area contributed by atoms with E-state index in [0.29, 0.717) is 24.2 Å². The molecule has 7 heteroatoms. The maximum absolute atomic E-state index is 12.9. The highest BCUT2D eigenvalue weighted by Gasteiger charge is 2.29. The number of aromatic hydroxyl groups is 1. The maximum Gasteiger partial charge on any atom is 0.271 e. The van der Waals surface area contributed by atoms with Gasteiger partial charge in [-0.3, -0.25) is 19.9 Å². The van der Waals surface area contributed by atoms with E-state index in [-0.39, 0.29) is 17.0 Å². The number of fused-ring (bicyclic) bond motifs is 2. The molecule has 1 aromatic heterocycles.